The maximum atomic E-state index is 12.2. The lowest BCUT2D eigenvalue weighted by atomic mass is 10.2. The number of carbonyl (C=O) groups excluding carboxylic acids is 1. The summed E-state index contributed by atoms with van der Waals surface area (Å²) in [6.45, 7) is -0.421. The third-order valence-electron chi connectivity index (χ3n) is 3.91. The largest absolute Gasteiger partial charge is 0.271 e. The molecule has 0 atom stereocenters. The number of nitrogens with one attached hydrogen (secondary N) is 1. The number of rotatable bonds is 5. The molecule has 138 valence electrons. The summed E-state index contributed by atoms with van der Waals surface area (Å²) >= 11 is 12.0. The predicted octanol–water partition coefficient (Wildman–Crippen LogP) is 3.59. The average molecular weight is 406 g/mol. The van der Waals surface area contributed by atoms with Crippen LogP contribution in [0.25, 0.3) is 0 Å². The highest BCUT2D eigenvalue weighted by atomic mass is 35.5. The van der Waals surface area contributed by atoms with Gasteiger partial charge in [0.15, 0.2) is 0 Å². The van der Waals surface area contributed by atoms with E-state index in [-0.39, 0.29) is 15.7 Å². The minimum absolute atomic E-state index is 0.0810. The Balaban J connectivity index is 2.13. The minimum atomic E-state index is -3.72. The molecule has 0 heterocycles. The summed E-state index contributed by atoms with van der Waals surface area (Å²) in [4.78, 5) is 12.2. The van der Waals surface area contributed by atoms with Crippen molar-refractivity contribution in [2.75, 3.05) is 17.1 Å². The molecule has 9 heteroatoms. The first-order chi connectivity index (χ1) is 11.8. The number of anilines is 1. The molecule has 1 aromatic rings. The number of benzene rings is 1. The number of hydrogen-bond acceptors (Lipinski definition) is 4. The second-order valence-electron chi connectivity index (χ2n) is 5.97. The Morgan fingerprint density at radius 1 is 1.20 bits per heavy atom. The molecule has 6 nitrogen and oxygen atoms in total. The minimum Gasteiger partial charge on any atom is -0.271 e. The van der Waals surface area contributed by atoms with E-state index < -0.39 is 22.5 Å². The summed E-state index contributed by atoms with van der Waals surface area (Å²) < 4.78 is 25.1. The van der Waals surface area contributed by atoms with Crippen LogP contribution in [0.4, 0.5) is 5.69 Å². The Hall–Kier alpha value is -1.31. The number of sulfonamides is 1. The van der Waals surface area contributed by atoms with Crippen LogP contribution < -0.4 is 9.73 Å². The van der Waals surface area contributed by atoms with E-state index in [9.17, 15) is 13.2 Å². The normalized spacial score (nSPS) is 15.4. The summed E-state index contributed by atoms with van der Waals surface area (Å²) in [5.41, 5.74) is 3.56. The first kappa shape index (κ1) is 20.0. The van der Waals surface area contributed by atoms with Crippen LogP contribution in [0.1, 0.15) is 38.5 Å². The number of halogens is 2. The zero-order valence-corrected chi connectivity index (χ0v) is 16.3. The first-order valence-corrected chi connectivity index (χ1v) is 10.7. The fourth-order valence-electron chi connectivity index (χ4n) is 2.62. The van der Waals surface area contributed by atoms with Crippen LogP contribution in [0.3, 0.4) is 0 Å². The smallest absolute Gasteiger partial charge is 0.260 e. The van der Waals surface area contributed by atoms with Gasteiger partial charge in [-0.05, 0) is 37.8 Å². The van der Waals surface area contributed by atoms with Crippen LogP contribution in [-0.2, 0) is 14.8 Å². The molecular weight excluding hydrogens is 385 g/mol. The van der Waals surface area contributed by atoms with Gasteiger partial charge in [0.2, 0.25) is 10.0 Å². The molecular formula is C16H21Cl2N3O3S. The van der Waals surface area contributed by atoms with E-state index in [0.29, 0.717) is 0 Å². The quantitative estimate of drug-likeness (QED) is 0.600. The lowest BCUT2D eigenvalue weighted by molar-refractivity contribution is -0.119. The van der Waals surface area contributed by atoms with E-state index in [0.717, 1.165) is 42.0 Å². The van der Waals surface area contributed by atoms with E-state index in [1.54, 1.807) is 12.1 Å². The van der Waals surface area contributed by atoms with E-state index in [2.05, 4.69) is 10.5 Å². The molecule has 1 saturated carbocycles. The molecule has 0 unspecified atom stereocenters. The van der Waals surface area contributed by atoms with E-state index in [4.69, 9.17) is 23.2 Å². The Labute approximate surface area is 158 Å². The predicted molar refractivity (Wildman–Crippen MR) is 102 cm³/mol. The fraction of sp³-hybridized carbons (Fsp3) is 0.500. The Kier molecular flexibility index (Phi) is 7.10. The number of carbonyl (C=O) groups is 1. The molecule has 0 saturated heterocycles. The van der Waals surface area contributed by atoms with Crippen LogP contribution in [0.5, 0.6) is 0 Å². The van der Waals surface area contributed by atoms with Crippen molar-refractivity contribution < 1.29 is 13.2 Å². The number of hydrazone groups is 1. The Morgan fingerprint density at radius 3 is 2.44 bits per heavy atom. The van der Waals surface area contributed by atoms with Crippen LogP contribution in [0.2, 0.25) is 10.0 Å². The van der Waals surface area contributed by atoms with Crippen molar-refractivity contribution in [3.8, 4) is 0 Å². The molecule has 0 radical (unpaired) electrons. The van der Waals surface area contributed by atoms with Gasteiger partial charge >= 0.3 is 0 Å². The van der Waals surface area contributed by atoms with Gasteiger partial charge in [-0.2, -0.15) is 5.10 Å². The summed E-state index contributed by atoms with van der Waals surface area (Å²) in [7, 11) is -3.72. The standard InChI is InChI=1S/C16H21Cl2N3O3S/c1-25(23,24)21(14-10-6-9-13(17)16(14)18)11-15(22)20-19-12-7-4-2-3-5-8-12/h6,9-10H,2-5,7-8,11H2,1H3,(H,20,22). The third kappa shape index (κ3) is 5.87. The zero-order valence-electron chi connectivity index (χ0n) is 14.0. The molecule has 0 aromatic heterocycles. The second-order valence-corrected chi connectivity index (χ2v) is 8.66. The summed E-state index contributed by atoms with van der Waals surface area (Å²) in [6, 6.07) is 4.62. The van der Waals surface area contributed by atoms with Gasteiger partial charge in [-0.1, -0.05) is 42.1 Å². The molecule has 0 bridgehead atoms. The summed E-state index contributed by atoms with van der Waals surface area (Å²) in [5, 5.41) is 4.44. The van der Waals surface area contributed by atoms with Crippen molar-refractivity contribution in [1.29, 1.82) is 0 Å². The maximum absolute atomic E-state index is 12.2. The van der Waals surface area contributed by atoms with Gasteiger partial charge in [0.25, 0.3) is 5.91 Å². The van der Waals surface area contributed by atoms with E-state index in [1.165, 1.54) is 18.9 Å². The van der Waals surface area contributed by atoms with Crippen molar-refractivity contribution in [2.24, 2.45) is 5.10 Å². The molecule has 1 aliphatic carbocycles. The van der Waals surface area contributed by atoms with Crippen molar-refractivity contribution in [2.45, 2.75) is 38.5 Å². The first-order valence-electron chi connectivity index (χ1n) is 8.05. The molecule has 1 amide bonds. The molecule has 2 rings (SSSR count). The van der Waals surface area contributed by atoms with Crippen molar-refractivity contribution >= 4 is 50.5 Å². The van der Waals surface area contributed by atoms with Gasteiger partial charge in [-0.15, -0.1) is 0 Å². The highest BCUT2D eigenvalue weighted by Gasteiger charge is 2.24. The highest BCUT2D eigenvalue weighted by molar-refractivity contribution is 7.92. The van der Waals surface area contributed by atoms with Gasteiger partial charge < -0.3 is 0 Å². The Morgan fingerprint density at radius 2 is 1.84 bits per heavy atom. The van der Waals surface area contributed by atoms with Gasteiger partial charge in [0.1, 0.15) is 6.54 Å². The van der Waals surface area contributed by atoms with Crippen LogP contribution in [-0.4, -0.2) is 32.8 Å². The average Bonchev–Trinajstić information content (AvgIpc) is 2.81. The monoisotopic (exact) mass is 405 g/mol. The van der Waals surface area contributed by atoms with Gasteiger partial charge in [-0.3, -0.25) is 9.10 Å². The molecule has 0 spiro atoms. The highest BCUT2D eigenvalue weighted by Crippen LogP contribution is 2.33. The van der Waals surface area contributed by atoms with Gasteiger partial charge in [-0.25, -0.2) is 13.8 Å². The third-order valence-corrected chi connectivity index (χ3v) is 5.84. The SMILES string of the molecule is CS(=O)(=O)N(CC(=O)NN=C1CCCCCC1)c1cccc(Cl)c1Cl. The zero-order chi connectivity index (χ0) is 18.4. The lowest BCUT2D eigenvalue weighted by Crippen LogP contribution is -2.39. The summed E-state index contributed by atoms with van der Waals surface area (Å²) in [6.07, 6.45) is 7.18. The topological polar surface area (TPSA) is 78.8 Å². The molecule has 0 aliphatic heterocycles. The molecule has 1 aromatic carbocycles. The van der Waals surface area contributed by atoms with Crippen molar-refractivity contribution in [1.82, 2.24) is 5.43 Å². The van der Waals surface area contributed by atoms with Crippen LogP contribution >= 0.6 is 23.2 Å². The second kappa shape index (κ2) is 8.87. The lowest BCUT2D eigenvalue weighted by Gasteiger charge is -2.22. The van der Waals surface area contributed by atoms with Crippen molar-refractivity contribution in [3.63, 3.8) is 0 Å². The molecule has 25 heavy (non-hydrogen) atoms. The molecule has 1 aliphatic rings. The van der Waals surface area contributed by atoms with Gasteiger partial charge in [0.05, 0.1) is 22.0 Å². The number of hydrogen-bond donors (Lipinski definition) is 1. The van der Waals surface area contributed by atoms with E-state index >= 15 is 0 Å². The van der Waals surface area contributed by atoms with Crippen LogP contribution in [0.15, 0.2) is 23.3 Å². The number of nitrogens with zero attached hydrogens (tertiary/aromatic N) is 2. The van der Waals surface area contributed by atoms with Crippen molar-refractivity contribution in [3.05, 3.63) is 28.2 Å². The summed E-state index contributed by atoms with van der Waals surface area (Å²) in [5.74, 6) is -0.529. The molecule has 1 N–H and O–H groups in total. The fourth-order valence-corrected chi connectivity index (χ4v) is 3.93. The van der Waals surface area contributed by atoms with Crippen LogP contribution in [0, 0.1) is 0 Å². The van der Waals surface area contributed by atoms with Gasteiger partial charge in [0, 0.05) is 5.71 Å². The number of amides is 1. The maximum Gasteiger partial charge on any atom is 0.260 e. The Bertz CT molecular complexity index is 756. The van der Waals surface area contributed by atoms with E-state index in [1.807, 2.05) is 0 Å². The molecule has 1 fully saturated rings.